The number of fused-ring (bicyclic) bond motifs is 1. The number of carbonyl (C=O) groups excluding carboxylic acids is 1. The van der Waals surface area contributed by atoms with Crippen LogP contribution in [0.25, 0.3) is 0 Å². The first-order valence-corrected chi connectivity index (χ1v) is 7.47. The molecule has 1 N–H and O–H groups in total. The van der Waals surface area contributed by atoms with Crippen LogP contribution in [0.5, 0.6) is 0 Å². The van der Waals surface area contributed by atoms with Crippen molar-refractivity contribution in [3.63, 3.8) is 0 Å². The van der Waals surface area contributed by atoms with Gasteiger partial charge in [0.05, 0.1) is 0 Å². The Balaban J connectivity index is 1.92. The lowest BCUT2D eigenvalue weighted by Gasteiger charge is -2.38. The summed E-state index contributed by atoms with van der Waals surface area (Å²) in [6, 6.07) is 6.72. The molecule has 2 unspecified atom stereocenters. The van der Waals surface area contributed by atoms with Gasteiger partial charge in [0.25, 0.3) is 0 Å². The first-order chi connectivity index (χ1) is 10.1. The van der Waals surface area contributed by atoms with Crippen molar-refractivity contribution in [3.8, 4) is 0 Å². The SMILES string of the molecule is CC1CCCN1C(=O)N1CCc2ccccc2C1C(=O)O. The second-order valence-electron chi connectivity index (χ2n) is 5.85. The van der Waals surface area contributed by atoms with E-state index >= 15 is 0 Å². The highest BCUT2D eigenvalue weighted by Gasteiger charge is 2.39. The zero-order valence-electron chi connectivity index (χ0n) is 12.2. The summed E-state index contributed by atoms with van der Waals surface area (Å²) in [5.41, 5.74) is 1.78. The number of benzene rings is 1. The number of rotatable bonds is 1. The van der Waals surface area contributed by atoms with Crippen LogP contribution in [0.15, 0.2) is 24.3 Å². The summed E-state index contributed by atoms with van der Waals surface area (Å²) in [4.78, 5) is 27.8. The van der Waals surface area contributed by atoms with E-state index in [1.165, 1.54) is 4.90 Å². The van der Waals surface area contributed by atoms with Crippen molar-refractivity contribution >= 4 is 12.0 Å². The standard InChI is InChI=1S/C16H20N2O3/c1-11-5-4-9-17(11)16(21)18-10-8-12-6-2-3-7-13(12)14(18)15(19)20/h2-3,6-7,11,14H,4-5,8-10H2,1H3,(H,19,20). The number of hydrogen-bond donors (Lipinski definition) is 1. The topological polar surface area (TPSA) is 60.9 Å². The fourth-order valence-electron chi connectivity index (χ4n) is 3.42. The largest absolute Gasteiger partial charge is 0.479 e. The van der Waals surface area contributed by atoms with Gasteiger partial charge in [0, 0.05) is 19.1 Å². The van der Waals surface area contributed by atoms with E-state index < -0.39 is 12.0 Å². The Bertz CT molecular complexity index is 572. The lowest BCUT2D eigenvalue weighted by atomic mass is 9.93. The second kappa shape index (κ2) is 5.39. The smallest absolute Gasteiger partial charge is 0.331 e. The molecular weight excluding hydrogens is 268 g/mol. The number of amides is 2. The Labute approximate surface area is 124 Å². The molecule has 2 aliphatic heterocycles. The van der Waals surface area contributed by atoms with Gasteiger partial charge in [0.1, 0.15) is 0 Å². The van der Waals surface area contributed by atoms with Gasteiger partial charge in [-0.1, -0.05) is 24.3 Å². The molecule has 1 aromatic carbocycles. The molecule has 2 heterocycles. The average Bonchev–Trinajstić information content (AvgIpc) is 2.91. The van der Waals surface area contributed by atoms with Gasteiger partial charge in [0.15, 0.2) is 6.04 Å². The van der Waals surface area contributed by atoms with Crippen molar-refractivity contribution in [2.75, 3.05) is 13.1 Å². The Hall–Kier alpha value is -2.04. The Morgan fingerprint density at radius 3 is 2.62 bits per heavy atom. The molecule has 2 amide bonds. The van der Waals surface area contributed by atoms with Crippen molar-refractivity contribution in [1.82, 2.24) is 9.80 Å². The molecule has 0 spiro atoms. The van der Waals surface area contributed by atoms with Crippen LogP contribution in [-0.4, -0.2) is 46.0 Å². The van der Waals surface area contributed by atoms with Gasteiger partial charge in [0.2, 0.25) is 0 Å². The van der Waals surface area contributed by atoms with E-state index in [-0.39, 0.29) is 12.1 Å². The number of carboxylic acid groups (broad SMARTS) is 1. The minimum atomic E-state index is -0.956. The predicted octanol–water partition coefficient (Wildman–Crippen LogP) is 2.27. The average molecular weight is 288 g/mol. The van der Waals surface area contributed by atoms with E-state index in [4.69, 9.17) is 0 Å². The van der Waals surface area contributed by atoms with Gasteiger partial charge in [-0.05, 0) is 37.3 Å². The van der Waals surface area contributed by atoms with Crippen LogP contribution in [0.1, 0.15) is 36.9 Å². The summed E-state index contributed by atoms with van der Waals surface area (Å²) < 4.78 is 0. The maximum absolute atomic E-state index is 12.7. The molecule has 112 valence electrons. The van der Waals surface area contributed by atoms with Crippen LogP contribution in [-0.2, 0) is 11.2 Å². The second-order valence-corrected chi connectivity index (χ2v) is 5.85. The van der Waals surface area contributed by atoms with Gasteiger partial charge in [-0.25, -0.2) is 9.59 Å². The molecule has 1 fully saturated rings. The van der Waals surface area contributed by atoms with E-state index in [0.29, 0.717) is 13.0 Å². The molecule has 5 heteroatoms. The van der Waals surface area contributed by atoms with Gasteiger partial charge >= 0.3 is 12.0 Å². The fourth-order valence-corrected chi connectivity index (χ4v) is 3.42. The summed E-state index contributed by atoms with van der Waals surface area (Å²) in [6.07, 6.45) is 2.71. The lowest BCUT2D eigenvalue weighted by molar-refractivity contribution is -0.143. The number of carbonyl (C=O) groups is 2. The molecule has 21 heavy (non-hydrogen) atoms. The molecule has 2 aliphatic rings. The molecule has 1 saturated heterocycles. The van der Waals surface area contributed by atoms with Crippen molar-refractivity contribution < 1.29 is 14.7 Å². The monoisotopic (exact) mass is 288 g/mol. The summed E-state index contributed by atoms with van der Waals surface area (Å²) in [7, 11) is 0. The zero-order chi connectivity index (χ0) is 15.0. The third-order valence-corrected chi connectivity index (χ3v) is 4.56. The predicted molar refractivity (Wildman–Crippen MR) is 78.0 cm³/mol. The number of hydrogen-bond acceptors (Lipinski definition) is 2. The Kier molecular flexibility index (Phi) is 3.57. The molecule has 0 bridgehead atoms. The molecule has 0 radical (unpaired) electrons. The first kappa shape index (κ1) is 13.9. The van der Waals surface area contributed by atoms with Crippen molar-refractivity contribution in [3.05, 3.63) is 35.4 Å². The fraction of sp³-hybridized carbons (Fsp3) is 0.500. The van der Waals surface area contributed by atoms with Crippen LogP contribution in [0.4, 0.5) is 4.79 Å². The lowest BCUT2D eigenvalue weighted by Crippen LogP contribution is -2.50. The van der Waals surface area contributed by atoms with E-state index in [9.17, 15) is 14.7 Å². The Morgan fingerprint density at radius 1 is 1.19 bits per heavy atom. The quantitative estimate of drug-likeness (QED) is 0.862. The minimum absolute atomic E-state index is 0.137. The maximum Gasteiger partial charge on any atom is 0.331 e. The van der Waals surface area contributed by atoms with Crippen molar-refractivity contribution in [2.45, 2.75) is 38.3 Å². The molecule has 3 rings (SSSR count). The van der Waals surface area contributed by atoms with Crippen LogP contribution >= 0.6 is 0 Å². The van der Waals surface area contributed by atoms with Gasteiger partial charge in [-0.3, -0.25) is 0 Å². The molecule has 0 aliphatic carbocycles. The maximum atomic E-state index is 12.7. The number of nitrogens with zero attached hydrogens (tertiary/aromatic N) is 2. The number of urea groups is 1. The van der Waals surface area contributed by atoms with Crippen LogP contribution in [0.3, 0.4) is 0 Å². The van der Waals surface area contributed by atoms with E-state index in [1.54, 1.807) is 0 Å². The van der Waals surface area contributed by atoms with Gasteiger partial charge in [-0.15, -0.1) is 0 Å². The highest BCUT2D eigenvalue weighted by molar-refractivity contribution is 5.85. The molecule has 0 aromatic heterocycles. The van der Waals surface area contributed by atoms with Crippen LogP contribution in [0, 0.1) is 0 Å². The third kappa shape index (κ3) is 2.37. The van der Waals surface area contributed by atoms with Gasteiger partial charge in [-0.2, -0.15) is 0 Å². The van der Waals surface area contributed by atoms with E-state index in [1.807, 2.05) is 36.1 Å². The number of carboxylic acids is 1. The Morgan fingerprint density at radius 2 is 1.95 bits per heavy atom. The first-order valence-electron chi connectivity index (χ1n) is 7.47. The molecule has 2 atom stereocenters. The number of likely N-dealkylation sites (tertiary alicyclic amines) is 1. The number of aliphatic carboxylic acids is 1. The van der Waals surface area contributed by atoms with Crippen molar-refractivity contribution in [2.24, 2.45) is 0 Å². The normalized spacial score (nSPS) is 24.8. The third-order valence-electron chi connectivity index (χ3n) is 4.56. The summed E-state index contributed by atoms with van der Waals surface area (Å²) in [6.45, 7) is 3.22. The van der Waals surface area contributed by atoms with Crippen molar-refractivity contribution in [1.29, 1.82) is 0 Å². The zero-order valence-corrected chi connectivity index (χ0v) is 12.2. The highest BCUT2D eigenvalue weighted by Crippen LogP contribution is 2.32. The highest BCUT2D eigenvalue weighted by atomic mass is 16.4. The summed E-state index contributed by atoms with van der Waals surface area (Å²) in [5, 5.41) is 9.60. The molecule has 5 nitrogen and oxygen atoms in total. The molecule has 1 aromatic rings. The van der Waals surface area contributed by atoms with E-state index in [0.717, 1.165) is 30.5 Å². The summed E-state index contributed by atoms with van der Waals surface area (Å²) >= 11 is 0. The van der Waals surface area contributed by atoms with Crippen LogP contribution in [0.2, 0.25) is 0 Å². The van der Waals surface area contributed by atoms with Crippen LogP contribution < -0.4 is 0 Å². The molecular formula is C16H20N2O3. The summed E-state index contributed by atoms with van der Waals surface area (Å²) in [5.74, 6) is -0.956. The van der Waals surface area contributed by atoms with Gasteiger partial charge < -0.3 is 14.9 Å². The minimum Gasteiger partial charge on any atom is -0.479 e. The van der Waals surface area contributed by atoms with E-state index in [2.05, 4.69) is 0 Å². The molecule has 0 saturated carbocycles.